The fourth-order valence-electron chi connectivity index (χ4n) is 6.48. The molecule has 46 heavy (non-hydrogen) atoms. The van der Waals surface area contributed by atoms with E-state index in [4.69, 9.17) is 19.2 Å². The molecule has 0 saturated carbocycles. The van der Waals surface area contributed by atoms with Crippen LogP contribution in [0.5, 0.6) is 17.2 Å². The molecule has 1 atom stereocenters. The lowest BCUT2D eigenvalue weighted by molar-refractivity contribution is -0.121. The van der Waals surface area contributed by atoms with Crippen LogP contribution in [0.1, 0.15) is 42.2 Å². The summed E-state index contributed by atoms with van der Waals surface area (Å²) in [6.07, 6.45) is 5.67. The lowest BCUT2D eigenvalue weighted by Crippen LogP contribution is -2.42. The summed E-state index contributed by atoms with van der Waals surface area (Å²) < 4.78 is 18.8. The molecular weight excluding hydrogens is 588 g/mol. The maximum absolute atomic E-state index is 13.8. The number of rotatable bonds is 5. The number of ether oxygens (including phenoxy) is 3. The molecule has 0 aliphatic carbocycles. The van der Waals surface area contributed by atoms with Crippen LogP contribution in [0.4, 0.5) is 5.82 Å². The number of carbonyl (C=O) groups is 2. The van der Waals surface area contributed by atoms with Crippen LogP contribution in [0.15, 0.2) is 36.7 Å². The van der Waals surface area contributed by atoms with Crippen molar-refractivity contribution >= 4 is 34.2 Å². The number of methoxy groups -OCH3 is 3. The van der Waals surface area contributed by atoms with E-state index in [1.165, 1.54) is 0 Å². The number of pyridine rings is 1. The number of likely N-dealkylation sites (N-methyl/N-ethyl adjacent to an activating group) is 1. The predicted molar refractivity (Wildman–Crippen MR) is 174 cm³/mol. The molecule has 1 saturated heterocycles. The zero-order valence-electron chi connectivity index (χ0n) is 27.0. The van der Waals surface area contributed by atoms with Crippen molar-refractivity contribution in [2.24, 2.45) is 5.92 Å². The van der Waals surface area contributed by atoms with E-state index in [-0.39, 0.29) is 24.2 Å². The minimum Gasteiger partial charge on any atom is -0.493 e. The summed E-state index contributed by atoms with van der Waals surface area (Å²) in [6.45, 7) is 7.04. The molecule has 13 heteroatoms. The van der Waals surface area contributed by atoms with Gasteiger partial charge in [0.2, 0.25) is 11.7 Å². The highest BCUT2D eigenvalue weighted by atomic mass is 16.5. The topological polar surface area (TPSA) is 127 Å². The van der Waals surface area contributed by atoms with Crippen molar-refractivity contribution in [3.8, 4) is 17.2 Å². The van der Waals surface area contributed by atoms with Crippen LogP contribution in [-0.2, 0) is 11.3 Å². The molecule has 2 bridgehead atoms. The second-order valence-corrected chi connectivity index (χ2v) is 11.8. The summed E-state index contributed by atoms with van der Waals surface area (Å²) in [5.74, 6) is 2.55. The number of amides is 2. The highest BCUT2D eigenvalue weighted by Crippen LogP contribution is 2.44. The van der Waals surface area contributed by atoms with Gasteiger partial charge < -0.3 is 29.3 Å². The number of benzene rings is 1. The smallest absolute Gasteiger partial charge is 0.274 e. The number of carbonyl (C=O) groups excluding carboxylic acids is 2. The molecule has 6 rings (SSSR count). The molecular formula is C33H42N8O5. The van der Waals surface area contributed by atoms with Crippen molar-refractivity contribution in [1.29, 1.82) is 0 Å². The van der Waals surface area contributed by atoms with Crippen molar-refractivity contribution < 1.29 is 23.8 Å². The maximum atomic E-state index is 13.8. The van der Waals surface area contributed by atoms with Crippen molar-refractivity contribution in [2.45, 2.75) is 32.7 Å². The van der Waals surface area contributed by atoms with Gasteiger partial charge in [0, 0.05) is 87.7 Å². The highest BCUT2D eigenvalue weighted by molar-refractivity contribution is 5.94. The van der Waals surface area contributed by atoms with Gasteiger partial charge >= 0.3 is 0 Å². The van der Waals surface area contributed by atoms with Crippen LogP contribution >= 0.6 is 0 Å². The number of fused-ring (bicyclic) bond motifs is 6. The van der Waals surface area contributed by atoms with E-state index in [0.717, 1.165) is 54.8 Å². The van der Waals surface area contributed by atoms with E-state index < -0.39 is 0 Å². The average Bonchev–Trinajstić information content (AvgIpc) is 3.53. The fraction of sp³-hybridized carbons (Fsp3) is 0.485. The molecule has 244 valence electrons. The summed E-state index contributed by atoms with van der Waals surface area (Å²) in [5, 5.41) is 8.43. The Morgan fingerprint density at radius 1 is 1.04 bits per heavy atom. The Hall–Kier alpha value is -4.65. The molecule has 1 N–H and O–H groups in total. The van der Waals surface area contributed by atoms with Gasteiger partial charge in [-0.05, 0) is 37.4 Å². The maximum Gasteiger partial charge on any atom is 0.274 e. The number of nitrogens with zero attached hydrogens (tertiary/aromatic N) is 7. The molecule has 2 aliphatic rings. The number of nitrogens with one attached hydrogen (secondary N) is 1. The Bertz CT molecular complexity index is 1690. The van der Waals surface area contributed by atoms with E-state index in [9.17, 15) is 9.59 Å². The summed E-state index contributed by atoms with van der Waals surface area (Å²) in [6, 6.07) is 7.50. The van der Waals surface area contributed by atoms with Crippen molar-refractivity contribution in [2.75, 3.05) is 72.0 Å². The van der Waals surface area contributed by atoms with Crippen LogP contribution in [-0.4, -0.2) is 108 Å². The number of hydrogen-bond donors (Lipinski definition) is 1. The second kappa shape index (κ2) is 13.8. The summed E-state index contributed by atoms with van der Waals surface area (Å²) in [5.41, 5.74) is 2.71. The van der Waals surface area contributed by atoms with Gasteiger partial charge in [-0.1, -0.05) is 6.92 Å². The standard InChI is InChI=1S/C33H42N8O5/c1-5-38-14-15-39(33(43)26-18-28-34-10-7-12-41(28)37-26)13-9-29(42)35-19-22-8-6-11-40(20-22)32-23(21-38)16-24-25(36-32)17-27(44-2)31(46-4)30(24)45-3/h7,10,12,16-18,22H,5-6,8-9,11,13-15,19-21H2,1-4H3,(H,35,42). The first-order chi connectivity index (χ1) is 22.4. The van der Waals surface area contributed by atoms with Gasteiger partial charge in [0.25, 0.3) is 5.91 Å². The number of piperidine rings is 1. The number of hydrogen-bond acceptors (Lipinski definition) is 10. The molecule has 2 aliphatic heterocycles. The first-order valence-electron chi connectivity index (χ1n) is 15.9. The van der Waals surface area contributed by atoms with Crippen LogP contribution in [0, 0.1) is 5.92 Å². The Balaban J connectivity index is 1.38. The van der Waals surface area contributed by atoms with Gasteiger partial charge in [0.05, 0.1) is 26.8 Å². The third-order valence-electron chi connectivity index (χ3n) is 8.96. The number of aromatic nitrogens is 4. The molecule has 0 radical (unpaired) electrons. The monoisotopic (exact) mass is 630 g/mol. The first kappa shape index (κ1) is 31.3. The molecule has 1 unspecified atom stereocenters. The van der Waals surface area contributed by atoms with E-state index in [2.05, 4.69) is 38.2 Å². The molecule has 4 aromatic rings. The zero-order valence-corrected chi connectivity index (χ0v) is 27.0. The molecule has 5 heterocycles. The van der Waals surface area contributed by atoms with E-state index in [0.29, 0.717) is 61.3 Å². The molecule has 0 spiro atoms. The number of anilines is 1. The Kier molecular flexibility index (Phi) is 9.38. The average molecular weight is 631 g/mol. The molecule has 1 aromatic carbocycles. The molecule has 2 amide bonds. The highest BCUT2D eigenvalue weighted by Gasteiger charge is 2.28. The van der Waals surface area contributed by atoms with Gasteiger partial charge in [-0.3, -0.25) is 14.5 Å². The Morgan fingerprint density at radius 3 is 2.65 bits per heavy atom. The van der Waals surface area contributed by atoms with Gasteiger partial charge in [-0.15, -0.1) is 0 Å². The third-order valence-corrected chi connectivity index (χ3v) is 8.96. The predicted octanol–water partition coefficient (Wildman–Crippen LogP) is 3.00. The SMILES string of the molecule is CCN1CCN(C(=O)c2cc3ncccn3n2)CCC(=O)NCC2CCCN(C2)c2nc3cc(OC)c(OC)c(OC)c3cc2C1. The summed E-state index contributed by atoms with van der Waals surface area (Å²) >= 11 is 0. The van der Waals surface area contributed by atoms with Gasteiger partial charge in [-0.25, -0.2) is 14.5 Å². The van der Waals surface area contributed by atoms with Gasteiger partial charge in [-0.2, -0.15) is 5.10 Å². The van der Waals surface area contributed by atoms with Crippen molar-refractivity contribution in [3.63, 3.8) is 0 Å². The van der Waals surface area contributed by atoms with E-state index in [1.807, 2.05) is 6.07 Å². The minimum absolute atomic E-state index is 0.0635. The van der Waals surface area contributed by atoms with Crippen molar-refractivity contribution in [3.05, 3.63) is 47.9 Å². The second-order valence-electron chi connectivity index (χ2n) is 11.8. The van der Waals surface area contributed by atoms with Crippen molar-refractivity contribution in [1.82, 2.24) is 34.7 Å². The van der Waals surface area contributed by atoms with E-state index >= 15 is 0 Å². The van der Waals surface area contributed by atoms with Gasteiger partial charge in [0.15, 0.2) is 22.8 Å². The quantitative estimate of drug-likeness (QED) is 0.352. The molecule has 1 fully saturated rings. The largest absolute Gasteiger partial charge is 0.493 e. The van der Waals surface area contributed by atoms with Crippen LogP contribution < -0.4 is 24.4 Å². The van der Waals surface area contributed by atoms with E-state index in [1.54, 1.807) is 55.3 Å². The molecule has 13 nitrogen and oxygen atoms in total. The Morgan fingerprint density at radius 2 is 1.89 bits per heavy atom. The minimum atomic E-state index is -0.223. The zero-order chi connectivity index (χ0) is 32.2. The lowest BCUT2D eigenvalue weighted by Gasteiger charge is -2.35. The van der Waals surface area contributed by atoms with Gasteiger partial charge in [0.1, 0.15) is 5.82 Å². The Labute approximate surface area is 268 Å². The first-order valence-corrected chi connectivity index (χ1v) is 15.9. The lowest BCUT2D eigenvalue weighted by atomic mass is 9.97. The van der Waals surface area contributed by atoms with Crippen LogP contribution in [0.3, 0.4) is 0 Å². The summed E-state index contributed by atoms with van der Waals surface area (Å²) in [4.78, 5) is 42.7. The van der Waals surface area contributed by atoms with Crippen LogP contribution in [0.25, 0.3) is 16.6 Å². The van der Waals surface area contributed by atoms with Crippen LogP contribution in [0.2, 0.25) is 0 Å². The third kappa shape index (κ3) is 6.37. The summed E-state index contributed by atoms with van der Waals surface area (Å²) in [7, 11) is 4.83. The molecule has 3 aromatic heterocycles. The fourth-order valence-corrected chi connectivity index (χ4v) is 6.48. The normalized spacial score (nSPS) is 18.4.